The Bertz CT molecular complexity index is 1170. The summed E-state index contributed by atoms with van der Waals surface area (Å²) < 4.78 is 0. The summed E-state index contributed by atoms with van der Waals surface area (Å²) in [5.41, 5.74) is 8.56. The third kappa shape index (κ3) is 3.77. The maximum atomic E-state index is 13.1. The molecule has 6 nitrogen and oxygen atoms in total. The molecule has 0 spiro atoms. The van der Waals surface area contributed by atoms with Crippen LogP contribution in [0.4, 0.5) is 22.7 Å². The number of para-hydroxylation sites is 2. The average Bonchev–Trinajstić information content (AvgIpc) is 2.76. The van der Waals surface area contributed by atoms with Crippen LogP contribution in [0.25, 0.3) is 10.9 Å². The Balaban J connectivity index is 1.68. The topological polar surface area (TPSA) is 88.3 Å². The van der Waals surface area contributed by atoms with Crippen LogP contribution in [-0.4, -0.2) is 16.8 Å². The smallest absolute Gasteiger partial charge is 0.321 e. The Labute approximate surface area is 167 Å². The van der Waals surface area contributed by atoms with E-state index in [2.05, 4.69) is 10.3 Å². The molecule has 0 unspecified atom stereocenters. The molecule has 0 bridgehead atoms. The maximum absolute atomic E-state index is 13.1. The minimum absolute atomic E-state index is 0.478. The number of nitrogens with one attached hydrogen (secondary N) is 1. The first kappa shape index (κ1) is 18.2. The number of benzene rings is 3. The van der Waals surface area contributed by atoms with Crippen LogP contribution < -0.4 is 16.0 Å². The van der Waals surface area contributed by atoms with Crippen molar-refractivity contribution in [3.05, 3.63) is 91.1 Å². The molecule has 6 heteroatoms. The van der Waals surface area contributed by atoms with E-state index >= 15 is 0 Å². The lowest BCUT2D eigenvalue weighted by molar-refractivity contribution is -0.134. The van der Waals surface area contributed by atoms with Gasteiger partial charge in [-0.1, -0.05) is 36.4 Å². The van der Waals surface area contributed by atoms with E-state index in [0.29, 0.717) is 28.3 Å². The van der Waals surface area contributed by atoms with Gasteiger partial charge in [0.15, 0.2) is 0 Å². The Kier molecular flexibility index (Phi) is 4.90. The highest BCUT2D eigenvalue weighted by molar-refractivity contribution is 6.46. The van der Waals surface area contributed by atoms with Crippen LogP contribution in [0.3, 0.4) is 0 Å². The van der Waals surface area contributed by atoms with E-state index in [1.54, 1.807) is 66.9 Å². The molecule has 0 aliphatic heterocycles. The fourth-order valence-corrected chi connectivity index (χ4v) is 3.07. The van der Waals surface area contributed by atoms with E-state index in [1.165, 1.54) is 4.90 Å². The summed E-state index contributed by atoms with van der Waals surface area (Å²) >= 11 is 0. The van der Waals surface area contributed by atoms with Crippen molar-refractivity contribution in [2.75, 3.05) is 16.0 Å². The Hall–Kier alpha value is -4.19. The van der Waals surface area contributed by atoms with Gasteiger partial charge < -0.3 is 11.1 Å². The lowest BCUT2D eigenvalue weighted by atomic mass is 10.2. The molecule has 0 saturated carbocycles. The maximum Gasteiger partial charge on any atom is 0.321 e. The summed E-state index contributed by atoms with van der Waals surface area (Å²) in [6, 6.07) is 24.9. The first-order chi connectivity index (χ1) is 14.1. The SMILES string of the molecule is Nc1ccc(N(C(=O)C(=O)Nc2cccc3cccnc23)c2ccccc2)cc1. The first-order valence-electron chi connectivity index (χ1n) is 9.03. The zero-order valence-corrected chi connectivity index (χ0v) is 15.4. The van der Waals surface area contributed by atoms with Gasteiger partial charge in [-0.05, 0) is 48.5 Å². The van der Waals surface area contributed by atoms with Crippen LogP contribution >= 0.6 is 0 Å². The van der Waals surface area contributed by atoms with Crippen molar-refractivity contribution < 1.29 is 9.59 Å². The van der Waals surface area contributed by atoms with E-state index in [-0.39, 0.29) is 0 Å². The molecule has 3 aromatic carbocycles. The van der Waals surface area contributed by atoms with E-state index in [1.807, 2.05) is 24.3 Å². The van der Waals surface area contributed by atoms with E-state index in [9.17, 15) is 9.59 Å². The predicted octanol–water partition coefficient (Wildman–Crippen LogP) is 4.12. The van der Waals surface area contributed by atoms with Crippen molar-refractivity contribution in [3.8, 4) is 0 Å². The zero-order chi connectivity index (χ0) is 20.2. The zero-order valence-electron chi connectivity index (χ0n) is 15.4. The molecule has 0 aliphatic carbocycles. The third-order valence-corrected chi connectivity index (χ3v) is 4.44. The summed E-state index contributed by atoms with van der Waals surface area (Å²) in [6.07, 6.45) is 1.64. The molecule has 29 heavy (non-hydrogen) atoms. The fourth-order valence-electron chi connectivity index (χ4n) is 3.07. The minimum Gasteiger partial charge on any atom is -0.399 e. The number of nitrogens with two attached hydrogens (primary N) is 1. The summed E-state index contributed by atoms with van der Waals surface area (Å²) in [5, 5.41) is 3.57. The molecular formula is C23H18N4O2. The van der Waals surface area contributed by atoms with E-state index < -0.39 is 11.8 Å². The molecule has 3 N–H and O–H groups in total. The predicted molar refractivity (Wildman–Crippen MR) is 115 cm³/mol. The highest BCUT2D eigenvalue weighted by atomic mass is 16.2. The molecule has 0 radical (unpaired) electrons. The van der Waals surface area contributed by atoms with Crippen LogP contribution in [0.5, 0.6) is 0 Å². The van der Waals surface area contributed by atoms with Crippen LogP contribution in [0.15, 0.2) is 91.1 Å². The van der Waals surface area contributed by atoms with Gasteiger partial charge in [-0.3, -0.25) is 19.5 Å². The van der Waals surface area contributed by atoms with Crippen molar-refractivity contribution in [2.24, 2.45) is 0 Å². The van der Waals surface area contributed by atoms with Gasteiger partial charge in [0, 0.05) is 28.6 Å². The monoisotopic (exact) mass is 382 g/mol. The average molecular weight is 382 g/mol. The summed E-state index contributed by atoms with van der Waals surface area (Å²) in [4.78, 5) is 31.7. The van der Waals surface area contributed by atoms with Crippen molar-refractivity contribution in [1.82, 2.24) is 4.98 Å². The van der Waals surface area contributed by atoms with Crippen LogP contribution in [0.1, 0.15) is 0 Å². The fraction of sp³-hybridized carbons (Fsp3) is 0. The minimum atomic E-state index is -0.760. The normalized spacial score (nSPS) is 10.5. The molecule has 1 heterocycles. The second-order valence-electron chi connectivity index (χ2n) is 6.40. The third-order valence-electron chi connectivity index (χ3n) is 4.44. The first-order valence-corrected chi connectivity index (χ1v) is 9.03. The summed E-state index contributed by atoms with van der Waals surface area (Å²) in [7, 11) is 0. The van der Waals surface area contributed by atoms with Crippen molar-refractivity contribution >= 4 is 45.5 Å². The van der Waals surface area contributed by atoms with Gasteiger partial charge in [0.1, 0.15) is 0 Å². The number of nitrogen functional groups attached to an aromatic ring is 1. The van der Waals surface area contributed by atoms with Gasteiger partial charge in [0.05, 0.1) is 11.2 Å². The van der Waals surface area contributed by atoms with Gasteiger partial charge in [0.2, 0.25) is 0 Å². The van der Waals surface area contributed by atoms with Crippen LogP contribution in [0.2, 0.25) is 0 Å². The Morgan fingerprint density at radius 3 is 2.24 bits per heavy atom. The molecule has 0 aliphatic rings. The summed E-state index contributed by atoms with van der Waals surface area (Å²) in [5.74, 6) is -1.47. The Morgan fingerprint density at radius 2 is 1.48 bits per heavy atom. The van der Waals surface area contributed by atoms with Gasteiger partial charge in [-0.2, -0.15) is 0 Å². The molecule has 4 rings (SSSR count). The number of hydrogen-bond donors (Lipinski definition) is 2. The number of pyridine rings is 1. The molecule has 142 valence electrons. The van der Waals surface area contributed by atoms with Crippen molar-refractivity contribution in [3.63, 3.8) is 0 Å². The van der Waals surface area contributed by atoms with Gasteiger partial charge in [0.25, 0.3) is 0 Å². The number of hydrogen-bond acceptors (Lipinski definition) is 4. The largest absolute Gasteiger partial charge is 0.399 e. The van der Waals surface area contributed by atoms with Gasteiger partial charge in [-0.15, -0.1) is 0 Å². The highest BCUT2D eigenvalue weighted by Crippen LogP contribution is 2.27. The molecule has 1 aromatic heterocycles. The number of carbonyl (C=O) groups is 2. The number of rotatable bonds is 3. The molecule has 0 saturated heterocycles. The quantitative estimate of drug-likeness (QED) is 0.412. The van der Waals surface area contributed by atoms with E-state index in [4.69, 9.17) is 5.73 Å². The Morgan fingerprint density at radius 1 is 0.793 bits per heavy atom. The summed E-state index contributed by atoms with van der Waals surface area (Å²) in [6.45, 7) is 0. The van der Waals surface area contributed by atoms with Gasteiger partial charge >= 0.3 is 11.8 Å². The second-order valence-corrected chi connectivity index (χ2v) is 6.40. The lowest BCUT2D eigenvalue weighted by Crippen LogP contribution is -2.36. The van der Waals surface area contributed by atoms with Gasteiger partial charge in [-0.25, -0.2) is 0 Å². The van der Waals surface area contributed by atoms with Crippen molar-refractivity contribution in [1.29, 1.82) is 0 Å². The highest BCUT2D eigenvalue weighted by Gasteiger charge is 2.25. The second kappa shape index (κ2) is 7.82. The molecule has 0 atom stereocenters. The van der Waals surface area contributed by atoms with E-state index in [0.717, 1.165) is 5.39 Å². The number of carbonyl (C=O) groups excluding carboxylic acids is 2. The molecule has 2 amide bonds. The molecule has 4 aromatic rings. The molecular weight excluding hydrogens is 364 g/mol. The van der Waals surface area contributed by atoms with Crippen LogP contribution in [-0.2, 0) is 9.59 Å². The number of fused-ring (bicyclic) bond motifs is 1. The van der Waals surface area contributed by atoms with Crippen LogP contribution in [0, 0.1) is 0 Å². The number of aromatic nitrogens is 1. The lowest BCUT2D eigenvalue weighted by Gasteiger charge is -2.22. The number of anilines is 4. The van der Waals surface area contributed by atoms with Crippen molar-refractivity contribution in [2.45, 2.75) is 0 Å². The number of amides is 2. The molecule has 0 fully saturated rings. The standard InChI is InChI=1S/C23H18N4O2/c24-17-11-13-19(14-12-17)27(18-8-2-1-3-9-18)23(29)22(28)26-20-10-4-6-16-7-5-15-25-21(16)20/h1-15H,24H2,(H,26,28). The number of nitrogens with zero attached hydrogens (tertiary/aromatic N) is 2.